The number of nitrogens with zero attached hydrogens (tertiary/aromatic N) is 1. The standard InChI is InChI=1S/C26H26ClN3O3/c1-18-7-8-21(17-23(18)27)29-26(32)22-16-20(9-10-24(22)30-11-13-33-14-12-30)28-25(31)15-19-5-3-2-4-6-19/h2-10,16-17H,11-15H2,1H3,(H,28,31)(H,29,32). The number of amides is 2. The molecule has 7 heteroatoms. The van der Waals surface area contributed by atoms with Crippen molar-refractivity contribution in [2.75, 3.05) is 41.8 Å². The lowest BCUT2D eigenvalue weighted by molar-refractivity contribution is -0.115. The van der Waals surface area contributed by atoms with Crippen LogP contribution in [0.25, 0.3) is 0 Å². The minimum absolute atomic E-state index is 0.142. The van der Waals surface area contributed by atoms with Crippen LogP contribution in [-0.4, -0.2) is 38.1 Å². The summed E-state index contributed by atoms with van der Waals surface area (Å²) in [6.07, 6.45) is 0.259. The van der Waals surface area contributed by atoms with E-state index in [1.807, 2.05) is 61.5 Å². The van der Waals surface area contributed by atoms with Crippen molar-refractivity contribution in [2.24, 2.45) is 0 Å². The molecule has 170 valence electrons. The van der Waals surface area contributed by atoms with Crippen LogP contribution < -0.4 is 15.5 Å². The zero-order valence-corrected chi connectivity index (χ0v) is 19.2. The van der Waals surface area contributed by atoms with Crippen LogP contribution in [0.5, 0.6) is 0 Å². The maximum atomic E-state index is 13.3. The lowest BCUT2D eigenvalue weighted by Gasteiger charge is -2.30. The molecule has 1 saturated heterocycles. The minimum Gasteiger partial charge on any atom is -0.378 e. The van der Waals surface area contributed by atoms with Crippen molar-refractivity contribution >= 4 is 40.5 Å². The van der Waals surface area contributed by atoms with Crippen molar-refractivity contribution in [1.29, 1.82) is 0 Å². The molecule has 1 fully saturated rings. The fourth-order valence-electron chi connectivity index (χ4n) is 3.73. The molecule has 1 heterocycles. The second kappa shape index (κ2) is 10.5. The zero-order valence-electron chi connectivity index (χ0n) is 18.4. The first kappa shape index (κ1) is 22.8. The molecular weight excluding hydrogens is 438 g/mol. The molecule has 0 unspecified atom stereocenters. The van der Waals surface area contributed by atoms with E-state index in [9.17, 15) is 9.59 Å². The van der Waals surface area contributed by atoms with Gasteiger partial charge in [-0.1, -0.05) is 48.0 Å². The molecule has 2 N–H and O–H groups in total. The van der Waals surface area contributed by atoms with Gasteiger partial charge < -0.3 is 20.3 Å². The average Bonchev–Trinajstić information content (AvgIpc) is 2.82. The summed E-state index contributed by atoms with van der Waals surface area (Å²) in [4.78, 5) is 28.0. The SMILES string of the molecule is Cc1ccc(NC(=O)c2cc(NC(=O)Cc3ccccc3)ccc2N2CCOCC2)cc1Cl. The average molecular weight is 464 g/mol. The highest BCUT2D eigenvalue weighted by Gasteiger charge is 2.20. The summed E-state index contributed by atoms with van der Waals surface area (Å²) in [6, 6.07) is 20.4. The van der Waals surface area contributed by atoms with Gasteiger partial charge >= 0.3 is 0 Å². The lowest BCUT2D eigenvalue weighted by atomic mass is 10.1. The summed E-state index contributed by atoms with van der Waals surface area (Å²) in [7, 11) is 0. The second-order valence-electron chi connectivity index (χ2n) is 7.96. The molecule has 1 aliphatic heterocycles. The molecule has 0 bridgehead atoms. The van der Waals surface area contributed by atoms with Crippen molar-refractivity contribution in [3.05, 3.63) is 88.4 Å². The molecule has 0 saturated carbocycles. The number of morpholine rings is 1. The smallest absolute Gasteiger partial charge is 0.257 e. The van der Waals surface area contributed by atoms with Crippen LogP contribution in [-0.2, 0) is 16.0 Å². The number of aryl methyl sites for hydroxylation is 1. The minimum atomic E-state index is -0.268. The van der Waals surface area contributed by atoms with E-state index in [1.165, 1.54) is 0 Å². The Kier molecular flexibility index (Phi) is 7.27. The van der Waals surface area contributed by atoms with Gasteiger partial charge in [-0.05, 0) is 48.4 Å². The Bertz CT molecular complexity index is 1140. The van der Waals surface area contributed by atoms with Crippen LogP contribution in [0.15, 0.2) is 66.7 Å². The summed E-state index contributed by atoms with van der Waals surface area (Å²) in [6.45, 7) is 4.49. The van der Waals surface area contributed by atoms with E-state index in [1.54, 1.807) is 12.1 Å². The number of halogens is 1. The summed E-state index contributed by atoms with van der Waals surface area (Å²) < 4.78 is 5.46. The molecule has 0 atom stereocenters. The van der Waals surface area contributed by atoms with Gasteiger partial charge in [0.25, 0.3) is 5.91 Å². The van der Waals surface area contributed by atoms with Crippen molar-refractivity contribution in [2.45, 2.75) is 13.3 Å². The Labute approximate surface area is 198 Å². The first-order chi connectivity index (χ1) is 16.0. The van der Waals surface area contributed by atoms with Gasteiger partial charge in [-0.15, -0.1) is 0 Å². The summed E-state index contributed by atoms with van der Waals surface area (Å²) in [5.41, 5.74) is 4.32. The van der Waals surface area contributed by atoms with Gasteiger partial charge in [0, 0.05) is 35.2 Å². The molecule has 0 aliphatic carbocycles. The third-order valence-electron chi connectivity index (χ3n) is 5.51. The Morgan fingerprint density at radius 3 is 2.36 bits per heavy atom. The predicted molar refractivity (Wildman–Crippen MR) is 132 cm³/mol. The van der Waals surface area contributed by atoms with Crippen molar-refractivity contribution in [3.63, 3.8) is 0 Å². The number of anilines is 3. The monoisotopic (exact) mass is 463 g/mol. The van der Waals surface area contributed by atoms with Crippen LogP contribution in [0.4, 0.5) is 17.1 Å². The Hall–Kier alpha value is -3.35. The van der Waals surface area contributed by atoms with E-state index in [0.29, 0.717) is 48.3 Å². The molecule has 6 nitrogen and oxygen atoms in total. The number of hydrogen-bond acceptors (Lipinski definition) is 4. The molecule has 3 aromatic rings. The topological polar surface area (TPSA) is 70.7 Å². The first-order valence-electron chi connectivity index (χ1n) is 10.9. The van der Waals surface area contributed by atoms with Crippen LogP contribution in [0.1, 0.15) is 21.5 Å². The number of rotatable bonds is 6. The van der Waals surface area contributed by atoms with Crippen LogP contribution in [0.3, 0.4) is 0 Å². The highest BCUT2D eigenvalue weighted by Crippen LogP contribution is 2.27. The fourth-order valence-corrected chi connectivity index (χ4v) is 3.91. The van der Waals surface area contributed by atoms with E-state index in [2.05, 4.69) is 15.5 Å². The number of carbonyl (C=O) groups is 2. The first-order valence-corrected chi connectivity index (χ1v) is 11.3. The Balaban J connectivity index is 1.57. The lowest BCUT2D eigenvalue weighted by Crippen LogP contribution is -2.37. The second-order valence-corrected chi connectivity index (χ2v) is 8.37. The third-order valence-corrected chi connectivity index (χ3v) is 5.92. The number of hydrogen-bond donors (Lipinski definition) is 2. The number of carbonyl (C=O) groups excluding carboxylic acids is 2. The molecule has 33 heavy (non-hydrogen) atoms. The molecule has 0 radical (unpaired) electrons. The van der Waals surface area contributed by atoms with Gasteiger partial charge in [-0.3, -0.25) is 9.59 Å². The van der Waals surface area contributed by atoms with Gasteiger partial charge in [0.1, 0.15) is 0 Å². The van der Waals surface area contributed by atoms with E-state index in [-0.39, 0.29) is 18.2 Å². The normalized spacial score (nSPS) is 13.5. The largest absolute Gasteiger partial charge is 0.378 e. The van der Waals surface area contributed by atoms with E-state index >= 15 is 0 Å². The molecule has 0 spiro atoms. The number of ether oxygens (including phenoxy) is 1. The van der Waals surface area contributed by atoms with Crippen LogP contribution in [0.2, 0.25) is 5.02 Å². The van der Waals surface area contributed by atoms with Gasteiger partial charge in [0.15, 0.2) is 0 Å². The van der Waals surface area contributed by atoms with Crippen molar-refractivity contribution < 1.29 is 14.3 Å². The molecular formula is C26H26ClN3O3. The summed E-state index contributed by atoms with van der Waals surface area (Å²) in [5, 5.41) is 6.43. The van der Waals surface area contributed by atoms with E-state index in [4.69, 9.17) is 16.3 Å². The van der Waals surface area contributed by atoms with E-state index < -0.39 is 0 Å². The van der Waals surface area contributed by atoms with Gasteiger partial charge in [-0.25, -0.2) is 0 Å². The van der Waals surface area contributed by atoms with Gasteiger partial charge in [-0.2, -0.15) is 0 Å². The third kappa shape index (κ3) is 5.92. The van der Waals surface area contributed by atoms with Gasteiger partial charge in [0.2, 0.25) is 5.91 Å². The highest BCUT2D eigenvalue weighted by molar-refractivity contribution is 6.31. The molecule has 4 rings (SSSR count). The maximum absolute atomic E-state index is 13.3. The number of benzene rings is 3. The summed E-state index contributed by atoms with van der Waals surface area (Å²) in [5.74, 6) is -0.410. The van der Waals surface area contributed by atoms with E-state index in [0.717, 1.165) is 16.8 Å². The Morgan fingerprint density at radius 1 is 0.939 bits per heavy atom. The molecule has 0 aromatic heterocycles. The Morgan fingerprint density at radius 2 is 1.64 bits per heavy atom. The highest BCUT2D eigenvalue weighted by atomic mass is 35.5. The predicted octanol–water partition coefficient (Wildman–Crippen LogP) is 4.92. The number of nitrogens with one attached hydrogen (secondary N) is 2. The zero-order chi connectivity index (χ0) is 23.2. The molecule has 3 aromatic carbocycles. The van der Waals surface area contributed by atoms with Crippen molar-refractivity contribution in [3.8, 4) is 0 Å². The van der Waals surface area contributed by atoms with Crippen LogP contribution in [0, 0.1) is 6.92 Å². The quantitative estimate of drug-likeness (QED) is 0.544. The molecule has 2 amide bonds. The maximum Gasteiger partial charge on any atom is 0.257 e. The van der Waals surface area contributed by atoms with Crippen molar-refractivity contribution in [1.82, 2.24) is 0 Å². The molecule has 1 aliphatic rings. The van der Waals surface area contributed by atoms with Crippen LogP contribution >= 0.6 is 11.6 Å². The fraction of sp³-hybridized carbons (Fsp3) is 0.231. The van der Waals surface area contributed by atoms with Gasteiger partial charge in [0.05, 0.1) is 25.2 Å². The summed E-state index contributed by atoms with van der Waals surface area (Å²) >= 11 is 6.22.